The number of nitrogens with one attached hydrogen (secondary N) is 2. The van der Waals surface area contributed by atoms with Crippen molar-refractivity contribution in [2.45, 2.75) is 12.2 Å². The van der Waals surface area contributed by atoms with E-state index in [0.717, 1.165) is 12.2 Å². The third-order valence-electron chi connectivity index (χ3n) is 2.24. The average Bonchev–Trinajstić information content (AvgIpc) is 2.02. The molecule has 0 fully saturated rings. The van der Waals surface area contributed by atoms with Crippen molar-refractivity contribution in [3.05, 3.63) is 35.4 Å². The Morgan fingerprint density at radius 3 is 2.50 bits per heavy atom. The molecule has 1 aromatic rings. The van der Waals surface area contributed by atoms with Crippen LogP contribution in [0.1, 0.15) is 11.1 Å². The Morgan fingerprint density at radius 2 is 1.75 bits per heavy atom. The Kier molecular flexibility index (Phi) is 1.68. The fourth-order valence-electron chi connectivity index (χ4n) is 1.56. The van der Waals surface area contributed by atoms with Crippen molar-refractivity contribution < 1.29 is 0 Å². The highest BCUT2D eigenvalue weighted by Crippen LogP contribution is 2.20. The standard InChI is InChI=1S/C9H12N2S/c10-12(11)6-5-8-3-1-2-4-9(8)7-12/h1-4,10-11H,5-7H2. The van der Waals surface area contributed by atoms with Crippen LogP contribution in [0.4, 0.5) is 0 Å². The molecule has 2 nitrogen and oxygen atoms in total. The van der Waals surface area contributed by atoms with E-state index in [0.29, 0.717) is 5.75 Å². The van der Waals surface area contributed by atoms with Crippen LogP contribution in [-0.2, 0) is 21.8 Å². The van der Waals surface area contributed by atoms with Gasteiger partial charge in [0.15, 0.2) is 0 Å². The normalized spacial score (nSPS) is 20.0. The minimum Gasteiger partial charge on any atom is -0.270 e. The third-order valence-corrected chi connectivity index (χ3v) is 3.95. The summed E-state index contributed by atoms with van der Waals surface area (Å²) in [5, 5.41) is 0. The first-order valence-electron chi connectivity index (χ1n) is 4.02. The van der Waals surface area contributed by atoms with Crippen molar-refractivity contribution in [1.82, 2.24) is 0 Å². The van der Waals surface area contributed by atoms with Gasteiger partial charge in [-0.05, 0) is 17.5 Å². The molecule has 2 N–H and O–H groups in total. The van der Waals surface area contributed by atoms with Crippen LogP contribution in [0.5, 0.6) is 0 Å². The molecule has 0 bridgehead atoms. The summed E-state index contributed by atoms with van der Waals surface area (Å²) in [4.78, 5) is 0. The second kappa shape index (κ2) is 2.59. The summed E-state index contributed by atoms with van der Waals surface area (Å²) in [6.45, 7) is 0. The zero-order chi connectivity index (χ0) is 8.60. The van der Waals surface area contributed by atoms with Crippen molar-refractivity contribution in [2.75, 3.05) is 5.75 Å². The third kappa shape index (κ3) is 1.37. The summed E-state index contributed by atoms with van der Waals surface area (Å²) in [6.07, 6.45) is 0.929. The summed E-state index contributed by atoms with van der Waals surface area (Å²) in [6, 6.07) is 8.21. The molecule has 12 heavy (non-hydrogen) atoms. The number of rotatable bonds is 0. The first-order valence-corrected chi connectivity index (χ1v) is 5.99. The first kappa shape index (κ1) is 7.80. The quantitative estimate of drug-likeness (QED) is 0.616. The van der Waals surface area contributed by atoms with E-state index in [4.69, 9.17) is 9.56 Å². The number of hydrogen-bond acceptors (Lipinski definition) is 2. The lowest BCUT2D eigenvalue weighted by Gasteiger charge is -2.19. The van der Waals surface area contributed by atoms with Crippen LogP contribution in [0, 0.1) is 9.56 Å². The molecule has 0 aromatic heterocycles. The lowest BCUT2D eigenvalue weighted by molar-refractivity contribution is 1.06. The molecule has 1 aliphatic heterocycles. The Labute approximate surface area is 73.0 Å². The van der Waals surface area contributed by atoms with E-state index in [-0.39, 0.29) is 0 Å². The number of fused-ring (bicyclic) bond motifs is 1. The van der Waals surface area contributed by atoms with E-state index >= 15 is 0 Å². The molecule has 0 saturated heterocycles. The minimum absolute atomic E-state index is 0.670. The van der Waals surface area contributed by atoms with Gasteiger partial charge in [-0.2, -0.15) is 0 Å². The predicted octanol–water partition coefficient (Wildman–Crippen LogP) is 2.42. The highest BCUT2D eigenvalue weighted by atomic mass is 32.2. The molecule has 0 amide bonds. The predicted molar refractivity (Wildman–Crippen MR) is 51.5 cm³/mol. The molecule has 1 heterocycles. The van der Waals surface area contributed by atoms with Crippen LogP contribution in [0.3, 0.4) is 0 Å². The zero-order valence-electron chi connectivity index (χ0n) is 6.84. The second-order valence-corrected chi connectivity index (χ2v) is 5.71. The highest BCUT2D eigenvalue weighted by Gasteiger charge is 2.14. The van der Waals surface area contributed by atoms with Crippen LogP contribution >= 0.6 is 0 Å². The van der Waals surface area contributed by atoms with Gasteiger partial charge in [-0.3, -0.25) is 9.56 Å². The van der Waals surface area contributed by atoms with E-state index in [1.165, 1.54) is 11.1 Å². The average molecular weight is 180 g/mol. The maximum Gasteiger partial charge on any atom is 0.0383 e. The van der Waals surface area contributed by atoms with Gasteiger partial charge >= 0.3 is 0 Å². The van der Waals surface area contributed by atoms with E-state index in [2.05, 4.69) is 12.1 Å². The summed E-state index contributed by atoms with van der Waals surface area (Å²) in [7, 11) is -1.80. The maximum atomic E-state index is 7.71. The molecule has 3 heteroatoms. The molecule has 0 atom stereocenters. The molecule has 0 radical (unpaired) electrons. The van der Waals surface area contributed by atoms with Gasteiger partial charge in [0.05, 0.1) is 0 Å². The summed E-state index contributed by atoms with van der Waals surface area (Å²) < 4.78 is 15.4. The summed E-state index contributed by atoms with van der Waals surface area (Å²) in [5.41, 5.74) is 2.57. The van der Waals surface area contributed by atoms with E-state index in [1.54, 1.807) is 0 Å². The van der Waals surface area contributed by atoms with Crippen LogP contribution in [0.25, 0.3) is 0 Å². The van der Waals surface area contributed by atoms with Gasteiger partial charge in [-0.25, -0.2) is 0 Å². The van der Waals surface area contributed by atoms with Crippen LogP contribution < -0.4 is 0 Å². The lowest BCUT2D eigenvalue weighted by Crippen LogP contribution is -2.16. The Balaban J connectivity index is 2.48. The Morgan fingerprint density at radius 1 is 1.08 bits per heavy atom. The first-order chi connectivity index (χ1) is 5.67. The largest absolute Gasteiger partial charge is 0.270 e. The van der Waals surface area contributed by atoms with E-state index in [1.807, 2.05) is 12.1 Å². The van der Waals surface area contributed by atoms with Crippen molar-refractivity contribution in [3.8, 4) is 0 Å². The molecule has 64 valence electrons. The molecular formula is C9H12N2S. The molecular weight excluding hydrogens is 168 g/mol. The molecule has 0 saturated carbocycles. The van der Waals surface area contributed by atoms with Crippen molar-refractivity contribution in [1.29, 1.82) is 9.56 Å². The molecule has 1 aromatic carbocycles. The molecule has 1 aliphatic rings. The SMILES string of the molecule is N=S1(=N)CCc2ccccc2C1. The second-order valence-electron chi connectivity index (χ2n) is 3.25. The fourth-order valence-corrected chi connectivity index (χ4v) is 3.09. The monoisotopic (exact) mass is 180 g/mol. The summed E-state index contributed by atoms with van der Waals surface area (Å²) in [5.74, 6) is 1.42. The molecule has 2 rings (SSSR count). The molecule has 0 unspecified atom stereocenters. The molecule has 0 aliphatic carbocycles. The summed E-state index contributed by atoms with van der Waals surface area (Å²) >= 11 is 0. The Hall–Kier alpha value is -0.830. The van der Waals surface area contributed by atoms with Crippen molar-refractivity contribution in [2.24, 2.45) is 0 Å². The van der Waals surface area contributed by atoms with Gasteiger partial charge in [-0.15, -0.1) is 0 Å². The van der Waals surface area contributed by atoms with Gasteiger partial charge in [-0.1, -0.05) is 33.9 Å². The van der Waals surface area contributed by atoms with Gasteiger partial charge in [0.1, 0.15) is 0 Å². The highest BCUT2D eigenvalue weighted by molar-refractivity contribution is 7.92. The zero-order valence-corrected chi connectivity index (χ0v) is 7.66. The fraction of sp³-hybridized carbons (Fsp3) is 0.333. The number of hydrogen-bond donors (Lipinski definition) is 2. The maximum absolute atomic E-state index is 7.71. The van der Waals surface area contributed by atoms with Gasteiger partial charge in [0.2, 0.25) is 0 Å². The van der Waals surface area contributed by atoms with Crippen LogP contribution in [0.15, 0.2) is 24.3 Å². The van der Waals surface area contributed by atoms with E-state index in [9.17, 15) is 0 Å². The van der Waals surface area contributed by atoms with Crippen molar-refractivity contribution >= 4 is 9.62 Å². The van der Waals surface area contributed by atoms with Gasteiger partial charge in [0, 0.05) is 11.5 Å². The molecule has 0 spiro atoms. The lowest BCUT2D eigenvalue weighted by atomic mass is 10.1. The smallest absolute Gasteiger partial charge is 0.0383 e. The van der Waals surface area contributed by atoms with Gasteiger partial charge in [0.25, 0.3) is 0 Å². The van der Waals surface area contributed by atoms with Crippen molar-refractivity contribution in [3.63, 3.8) is 0 Å². The number of aryl methyl sites for hydroxylation is 1. The Bertz CT molecular complexity index is 393. The van der Waals surface area contributed by atoms with E-state index < -0.39 is 9.62 Å². The van der Waals surface area contributed by atoms with Crippen LogP contribution in [0.2, 0.25) is 0 Å². The topological polar surface area (TPSA) is 47.7 Å². The number of benzene rings is 1. The van der Waals surface area contributed by atoms with Gasteiger partial charge < -0.3 is 0 Å². The van der Waals surface area contributed by atoms with Crippen LogP contribution in [-0.4, -0.2) is 5.75 Å². The minimum atomic E-state index is -1.80.